The molecule has 3 heteroatoms. The van der Waals surface area contributed by atoms with Crippen molar-refractivity contribution in [2.45, 2.75) is 46.2 Å². The van der Waals surface area contributed by atoms with E-state index in [4.69, 9.17) is 0 Å². The van der Waals surface area contributed by atoms with E-state index in [1.165, 1.54) is 6.07 Å². The Kier molecular flexibility index (Phi) is 5.56. The molecule has 96 valence electrons. The molecule has 0 aliphatic carbocycles. The molecule has 0 saturated heterocycles. The maximum atomic E-state index is 13.4. The molecule has 1 aromatic carbocycles. The molecule has 1 atom stereocenters. The summed E-state index contributed by atoms with van der Waals surface area (Å²) in [6.07, 6.45) is 2.19. The second-order valence-corrected chi connectivity index (χ2v) is 4.46. The highest BCUT2D eigenvalue weighted by atomic mass is 19.2. The normalized spacial score (nSPS) is 13.1. The van der Waals surface area contributed by atoms with Crippen LogP contribution >= 0.6 is 0 Å². The summed E-state index contributed by atoms with van der Waals surface area (Å²) >= 11 is 0. The predicted octanol–water partition coefficient (Wildman–Crippen LogP) is 3.88. The molecule has 1 aromatic rings. The third kappa shape index (κ3) is 3.77. The third-order valence-electron chi connectivity index (χ3n) is 3.40. The molecular weight excluding hydrogens is 220 g/mol. The van der Waals surface area contributed by atoms with Crippen molar-refractivity contribution < 1.29 is 8.78 Å². The van der Waals surface area contributed by atoms with E-state index < -0.39 is 11.6 Å². The Morgan fingerprint density at radius 1 is 1.18 bits per heavy atom. The molecular formula is C14H21F2N. The quantitative estimate of drug-likeness (QED) is 0.797. The van der Waals surface area contributed by atoms with Gasteiger partial charge in [-0.3, -0.25) is 0 Å². The van der Waals surface area contributed by atoms with Crippen molar-refractivity contribution in [3.63, 3.8) is 0 Å². The molecule has 0 amide bonds. The summed E-state index contributed by atoms with van der Waals surface area (Å²) in [4.78, 5) is 0. The summed E-state index contributed by atoms with van der Waals surface area (Å²) in [5.74, 6) is -0.942. The molecule has 1 nitrogen and oxygen atoms in total. The minimum Gasteiger partial charge on any atom is -0.310 e. The van der Waals surface area contributed by atoms with Crippen molar-refractivity contribution in [1.82, 2.24) is 5.32 Å². The van der Waals surface area contributed by atoms with Gasteiger partial charge in [-0.15, -0.1) is 0 Å². The fraction of sp³-hybridized carbons (Fsp3) is 0.571. The van der Waals surface area contributed by atoms with E-state index in [-0.39, 0.29) is 0 Å². The van der Waals surface area contributed by atoms with Gasteiger partial charge in [0.05, 0.1) is 0 Å². The largest absolute Gasteiger partial charge is 0.310 e. The first-order valence-electron chi connectivity index (χ1n) is 6.26. The number of hydrogen-bond donors (Lipinski definition) is 1. The summed E-state index contributed by atoms with van der Waals surface area (Å²) < 4.78 is 26.4. The summed E-state index contributed by atoms with van der Waals surface area (Å²) in [5.41, 5.74) is 0.391. The second kappa shape index (κ2) is 6.70. The third-order valence-corrected chi connectivity index (χ3v) is 3.40. The summed E-state index contributed by atoms with van der Waals surface area (Å²) in [5, 5.41) is 3.26. The maximum Gasteiger partial charge on any atom is 0.163 e. The Hall–Kier alpha value is -0.960. The van der Waals surface area contributed by atoms with Gasteiger partial charge in [0.15, 0.2) is 11.6 Å². The number of halogens is 2. The summed E-state index contributed by atoms with van der Waals surface area (Å²) in [7, 11) is 0. The van der Waals surface area contributed by atoms with Crippen molar-refractivity contribution in [2.24, 2.45) is 5.92 Å². The fourth-order valence-corrected chi connectivity index (χ4v) is 2.12. The van der Waals surface area contributed by atoms with Gasteiger partial charge in [-0.05, 0) is 18.9 Å². The van der Waals surface area contributed by atoms with Crippen LogP contribution in [-0.4, -0.2) is 6.04 Å². The van der Waals surface area contributed by atoms with Crippen LogP contribution in [0.1, 0.15) is 39.2 Å². The molecule has 0 bridgehead atoms. The molecule has 0 saturated carbocycles. The zero-order chi connectivity index (χ0) is 12.8. The van der Waals surface area contributed by atoms with Crippen LogP contribution in [0.25, 0.3) is 0 Å². The van der Waals surface area contributed by atoms with E-state index in [0.717, 1.165) is 18.9 Å². The average molecular weight is 241 g/mol. The van der Waals surface area contributed by atoms with Crippen molar-refractivity contribution in [3.05, 3.63) is 35.4 Å². The van der Waals surface area contributed by atoms with Gasteiger partial charge < -0.3 is 5.32 Å². The molecule has 0 heterocycles. The molecule has 17 heavy (non-hydrogen) atoms. The van der Waals surface area contributed by atoms with Crippen LogP contribution in [0.2, 0.25) is 0 Å². The first-order valence-corrected chi connectivity index (χ1v) is 6.26. The van der Waals surface area contributed by atoms with Crippen LogP contribution in [-0.2, 0) is 6.54 Å². The minimum atomic E-state index is -0.778. The highest BCUT2D eigenvalue weighted by Gasteiger charge is 2.14. The van der Waals surface area contributed by atoms with E-state index in [0.29, 0.717) is 24.1 Å². The molecule has 0 radical (unpaired) electrons. The Morgan fingerprint density at radius 3 is 2.41 bits per heavy atom. The van der Waals surface area contributed by atoms with E-state index in [1.807, 2.05) is 0 Å². The molecule has 1 unspecified atom stereocenters. The summed E-state index contributed by atoms with van der Waals surface area (Å²) in [6, 6.07) is 4.61. The Balaban J connectivity index is 2.58. The molecule has 0 aliphatic rings. The smallest absolute Gasteiger partial charge is 0.163 e. The molecule has 0 spiro atoms. The molecule has 1 rings (SSSR count). The van der Waals surface area contributed by atoms with Crippen LogP contribution in [0.15, 0.2) is 18.2 Å². The lowest BCUT2D eigenvalue weighted by molar-refractivity contribution is 0.350. The molecule has 0 aromatic heterocycles. The van der Waals surface area contributed by atoms with E-state index in [2.05, 4.69) is 26.1 Å². The lowest BCUT2D eigenvalue weighted by Crippen LogP contribution is -2.32. The van der Waals surface area contributed by atoms with E-state index in [1.54, 1.807) is 6.07 Å². The topological polar surface area (TPSA) is 12.0 Å². The van der Waals surface area contributed by atoms with Gasteiger partial charge >= 0.3 is 0 Å². The average Bonchev–Trinajstić information content (AvgIpc) is 2.32. The van der Waals surface area contributed by atoms with Crippen LogP contribution in [0, 0.1) is 17.6 Å². The second-order valence-electron chi connectivity index (χ2n) is 4.46. The first-order chi connectivity index (χ1) is 8.10. The highest BCUT2D eigenvalue weighted by molar-refractivity contribution is 5.18. The summed E-state index contributed by atoms with van der Waals surface area (Å²) in [6.45, 7) is 6.76. The van der Waals surface area contributed by atoms with Crippen molar-refractivity contribution in [1.29, 1.82) is 0 Å². The van der Waals surface area contributed by atoms with Crippen LogP contribution in [0.4, 0.5) is 8.78 Å². The molecule has 0 fully saturated rings. The molecule has 1 N–H and O–H groups in total. The van der Waals surface area contributed by atoms with Gasteiger partial charge in [0, 0.05) is 18.2 Å². The Morgan fingerprint density at radius 2 is 1.82 bits per heavy atom. The van der Waals surface area contributed by atoms with Gasteiger partial charge in [-0.25, -0.2) is 8.78 Å². The van der Waals surface area contributed by atoms with E-state index >= 15 is 0 Å². The van der Waals surface area contributed by atoms with Gasteiger partial charge in [0.25, 0.3) is 0 Å². The van der Waals surface area contributed by atoms with Crippen molar-refractivity contribution in [3.8, 4) is 0 Å². The van der Waals surface area contributed by atoms with Gasteiger partial charge in [0.2, 0.25) is 0 Å². The minimum absolute atomic E-state index is 0.313. The molecule has 0 aliphatic heterocycles. The first kappa shape index (κ1) is 14.1. The lowest BCUT2D eigenvalue weighted by Gasteiger charge is -2.22. The monoisotopic (exact) mass is 241 g/mol. The highest BCUT2D eigenvalue weighted by Crippen LogP contribution is 2.15. The van der Waals surface area contributed by atoms with Gasteiger partial charge in [0.1, 0.15) is 0 Å². The van der Waals surface area contributed by atoms with Crippen LogP contribution in [0.3, 0.4) is 0 Å². The zero-order valence-electron chi connectivity index (χ0n) is 10.8. The van der Waals surface area contributed by atoms with E-state index in [9.17, 15) is 8.78 Å². The SMILES string of the molecule is CCC(CC)C(C)NCc1cccc(F)c1F. The maximum absolute atomic E-state index is 13.4. The van der Waals surface area contributed by atoms with Crippen LogP contribution < -0.4 is 5.32 Å². The Labute approximate surface area is 102 Å². The zero-order valence-corrected chi connectivity index (χ0v) is 10.8. The van der Waals surface area contributed by atoms with Gasteiger partial charge in [-0.1, -0.05) is 38.8 Å². The number of benzene rings is 1. The Bertz CT molecular complexity index is 348. The van der Waals surface area contributed by atoms with Crippen molar-refractivity contribution in [2.75, 3.05) is 0 Å². The van der Waals surface area contributed by atoms with Crippen LogP contribution in [0.5, 0.6) is 0 Å². The predicted molar refractivity (Wildman–Crippen MR) is 66.7 cm³/mol. The standard InChI is InChI=1S/C14H21F2N/c1-4-11(5-2)10(3)17-9-12-7-6-8-13(15)14(12)16/h6-8,10-11,17H,4-5,9H2,1-3H3. The number of hydrogen-bond acceptors (Lipinski definition) is 1. The lowest BCUT2D eigenvalue weighted by atomic mass is 9.95. The van der Waals surface area contributed by atoms with Crippen molar-refractivity contribution >= 4 is 0 Å². The van der Waals surface area contributed by atoms with Gasteiger partial charge in [-0.2, -0.15) is 0 Å². The number of nitrogens with one attached hydrogen (secondary N) is 1. The number of rotatable bonds is 6. The fourth-order valence-electron chi connectivity index (χ4n) is 2.12.